The van der Waals surface area contributed by atoms with Crippen molar-refractivity contribution in [2.75, 3.05) is 13.1 Å². The number of hydrogen-bond donors (Lipinski definition) is 1. The van der Waals surface area contributed by atoms with E-state index in [4.69, 9.17) is 0 Å². The molecule has 1 N–H and O–H groups in total. The Morgan fingerprint density at radius 2 is 2.36 bits per heavy atom. The molecule has 0 aromatic heterocycles. The predicted octanol–water partition coefficient (Wildman–Crippen LogP) is 2.49. The number of nitrogens with one attached hydrogen (secondary N) is 1. The summed E-state index contributed by atoms with van der Waals surface area (Å²) in [4.78, 5) is 0. The van der Waals surface area contributed by atoms with Crippen molar-refractivity contribution in [2.24, 2.45) is 0 Å². The molecule has 0 aromatic rings. The van der Waals surface area contributed by atoms with Crippen LogP contribution in [0, 0.1) is 0 Å². The third kappa shape index (κ3) is 3.57. The molecule has 1 rings (SSSR count). The fraction of sp³-hybridized carbons (Fsp3) is 0.800. The number of hydrogen-bond acceptors (Lipinski definition) is 1. The van der Waals surface area contributed by atoms with Crippen molar-refractivity contribution in [1.82, 2.24) is 5.32 Å². The molecule has 11 heavy (non-hydrogen) atoms. The Bertz CT molecular complexity index is 127. The Kier molecular flexibility index (Phi) is 4.29. The molecule has 0 aliphatic carbocycles. The highest BCUT2D eigenvalue weighted by atomic mass is 14.9. The summed E-state index contributed by atoms with van der Waals surface area (Å²) in [7, 11) is 0. The molecular weight excluding hydrogens is 134 g/mol. The Morgan fingerprint density at radius 3 is 3.00 bits per heavy atom. The van der Waals surface area contributed by atoms with Gasteiger partial charge < -0.3 is 5.32 Å². The highest BCUT2D eigenvalue weighted by molar-refractivity contribution is 5.07. The van der Waals surface area contributed by atoms with E-state index < -0.39 is 0 Å². The van der Waals surface area contributed by atoms with Crippen LogP contribution in [-0.2, 0) is 0 Å². The first-order valence-electron chi connectivity index (χ1n) is 4.82. The summed E-state index contributed by atoms with van der Waals surface area (Å²) in [6.45, 7) is 4.58. The maximum Gasteiger partial charge on any atom is 0.0164 e. The first kappa shape index (κ1) is 8.79. The van der Waals surface area contributed by atoms with E-state index in [1.807, 2.05) is 0 Å². The summed E-state index contributed by atoms with van der Waals surface area (Å²) in [6.07, 6.45) is 9.07. The zero-order valence-electron chi connectivity index (χ0n) is 7.53. The lowest BCUT2D eigenvalue weighted by atomic mass is 10.0. The highest BCUT2D eigenvalue weighted by Gasteiger charge is 2.00. The van der Waals surface area contributed by atoms with Crippen LogP contribution in [-0.4, -0.2) is 13.1 Å². The van der Waals surface area contributed by atoms with Crippen molar-refractivity contribution in [3.8, 4) is 0 Å². The van der Waals surface area contributed by atoms with E-state index in [0.29, 0.717) is 0 Å². The SMILES string of the molecule is CCCCCC1=CCCNC1. The van der Waals surface area contributed by atoms with Crippen LogP contribution in [0.2, 0.25) is 0 Å². The van der Waals surface area contributed by atoms with E-state index in [-0.39, 0.29) is 0 Å². The zero-order chi connectivity index (χ0) is 7.94. The van der Waals surface area contributed by atoms with Crippen LogP contribution in [0.5, 0.6) is 0 Å². The van der Waals surface area contributed by atoms with Crippen LogP contribution in [0.3, 0.4) is 0 Å². The number of unbranched alkanes of at least 4 members (excludes halogenated alkanes) is 2. The van der Waals surface area contributed by atoms with Gasteiger partial charge >= 0.3 is 0 Å². The predicted molar refractivity (Wildman–Crippen MR) is 49.7 cm³/mol. The van der Waals surface area contributed by atoms with Gasteiger partial charge in [0.05, 0.1) is 0 Å². The highest BCUT2D eigenvalue weighted by Crippen LogP contribution is 2.10. The third-order valence-electron chi connectivity index (χ3n) is 2.21. The van der Waals surface area contributed by atoms with Gasteiger partial charge in [0.1, 0.15) is 0 Å². The fourth-order valence-corrected chi connectivity index (χ4v) is 1.49. The summed E-state index contributed by atoms with van der Waals surface area (Å²) in [5.41, 5.74) is 1.63. The van der Waals surface area contributed by atoms with Crippen LogP contribution in [0.4, 0.5) is 0 Å². The van der Waals surface area contributed by atoms with Gasteiger partial charge in [-0.05, 0) is 25.8 Å². The summed E-state index contributed by atoms with van der Waals surface area (Å²) in [6, 6.07) is 0. The van der Waals surface area contributed by atoms with Crippen molar-refractivity contribution in [1.29, 1.82) is 0 Å². The van der Waals surface area contributed by atoms with Crippen LogP contribution in [0.1, 0.15) is 39.0 Å². The van der Waals surface area contributed by atoms with Crippen molar-refractivity contribution in [3.05, 3.63) is 11.6 Å². The van der Waals surface area contributed by atoms with Gasteiger partial charge in [-0.2, -0.15) is 0 Å². The topological polar surface area (TPSA) is 12.0 Å². The molecule has 1 nitrogen and oxygen atoms in total. The van der Waals surface area contributed by atoms with E-state index in [1.165, 1.54) is 38.6 Å². The zero-order valence-corrected chi connectivity index (χ0v) is 7.53. The first-order chi connectivity index (χ1) is 5.43. The standard InChI is InChI=1S/C10H19N/c1-2-3-4-6-10-7-5-8-11-9-10/h7,11H,2-6,8-9H2,1H3. The lowest BCUT2D eigenvalue weighted by Gasteiger charge is -2.13. The molecule has 0 spiro atoms. The average molecular weight is 153 g/mol. The van der Waals surface area contributed by atoms with Gasteiger partial charge in [0.15, 0.2) is 0 Å². The molecule has 0 aromatic carbocycles. The molecule has 0 unspecified atom stereocenters. The smallest absolute Gasteiger partial charge is 0.0164 e. The maximum absolute atomic E-state index is 3.39. The molecule has 1 aliphatic heterocycles. The van der Waals surface area contributed by atoms with Crippen molar-refractivity contribution in [3.63, 3.8) is 0 Å². The van der Waals surface area contributed by atoms with E-state index in [0.717, 1.165) is 6.54 Å². The fourth-order valence-electron chi connectivity index (χ4n) is 1.49. The van der Waals surface area contributed by atoms with Crippen LogP contribution in [0.25, 0.3) is 0 Å². The van der Waals surface area contributed by atoms with E-state index in [1.54, 1.807) is 5.57 Å². The molecule has 64 valence electrons. The molecule has 0 atom stereocenters. The lowest BCUT2D eigenvalue weighted by molar-refractivity contribution is 0.643. The van der Waals surface area contributed by atoms with Crippen molar-refractivity contribution < 1.29 is 0 Å². The molecule has 1 heteroatoms. The van der Waals surface area contributed by atoms with Gasteiger partial charge in [0.25, 0.3) is 0 Å². The number of rotatable bonds is 4. The molecule has 1 heterocycles. The minimum Gasteiger partial charge on any atom is -0.313 e. The van der Waals surface area contributed by atoms with E-state index in [2.05, 4.69) is 18.3 Å². The Morgan fingerprint density at radius 1 is 1.45 bits per heavy atom. The second kappa shape index (κ2) is 5.36. The summed E-state index contributed by atoms with van der Waals surface area (Å²) in [5, 5.41) is 3.39. The third-order valence-corrected chi connectivity index (χ3v) is 2.21. The molecule has 0 saturated carbocycles. The van der Waals surface area contributed by atoms with Gasteiger partial charge in [0.2, 0.25) is 0 Å². The van der Waals surface area contributed by atoms with Crippen molar-refractivity contribution >= 4 is 0 Å². The second-order valence-corrected chi connectivity index (χ2v) is 3.28. The van der Waals surface area contributed by atoms with E-state index in [9.17, 15) is 0 Å². The molecule has 0 bridgehead atoms. The largest absolute Gasteiger partial charge is 0.313 e. The Hall–Kier alpha value is -0.300. The maximum atomic E-state index is 3.39. The van der Waals surface area contributed by atoms with Gasteiger partial charge in [-0.15, -0.1) is 0 Å². The lowest BCUT2D eigenvalue weighted by Crippen LogP contribution is -2.22. The van der Waals surface area contributed by atoms with Gasteiger partial charge in [-0.25, -0.2) is 0 Å². The summed E-state index contributed by atoms with van der Waals surface area (Å²) in [5.74, 6) is 0. The summed E-state index contributed by atoms with van der Waals surface area (Å²) >= 11 is 0. The normalized spacial score (nSPS) is 18.1. The monoisotopic (exact) mass is 153 g/mol. The van der Waals surface area contributed by atoms with Gasteiger partial charge in [-0.1, -0.05) is 31.4 Å². The summed E-state index contributed by atoms with van der Waals surface area (Å²) < 4.78 is 0. The molecule has 1 aliphatic rings. The Labute approximate surface area is 69.9 Å². The van der Waals surface area contributed by atoms with E-state index >= 15 is 0 Å². The van der Waals surface area contributed by atoms with Crippen LogP contribution >= 0.6 is 0 Å². The minimum atomic E-state index is 1.14. The molecule has 0 amide bonds. The quantitative estimate of drug-likeness (QED) is 0.483. The Balaban J connectivity index is 2.09. The molecule has 0 saturated heterocycles. The average Bonchev–Trinajstić information content (AvgIpc) is 2.07. The van der Waals surface area contributed by atoms with Crippen molar-refractivity contribution in [2.45, 2.75) is 39.0 Å². The van der Waals surface area contributed by atoms with Gasteiger partial charge in [-0.3, -0.25) is 0 Å². The van der Waals surface area contributed by atoms with Crippen LogP contribution < -0.4 is 5.32 Å². The van der Waals surface area contributed by atoms with Crippen LogP contribution in [0.15, 0.2) is 11.6 Å². The molecule has 0 fully saturated rings. The van der Waals surface area contributed by atoms with Gasteiger partial charge in [0, 0.05) is 6.54 Å². The second-order valence-electron chi connectivity index (χ2n) is 3.28. The molecule has 0 radical (unpaired) electrons. The minimum absolute atomic E-state index is 1.14. The molecular formula is C10H19N. The first-order valence-corrected chi connectivity index (χ1v) is 4.82.